The number of hydrogen-bond donors (Lipinski definition) is 2. The van der Waals surface area contributed by atoms with Gasteiger partial charge in [-0.1, -0.05) is 30.3 Å². The molecule has 2 atom stereocenters. The number of ketones is 1. The number of halogens is 4. The second-order valence-corrected chi connectivity index (χ2v) is 10.1. The number of Topliss-reactive ketones (excluding diaryl/α,β-unsaturated/α-hetero) is 1. The number of fused-ring (bicyclic) bond motifs is 1. The molecule has 1 aliphatic rings. The maximum atomic E-state index is 15.4. The third-order valence-corrected chi connectivity index (χ3v) is 7.54. The molecule has 6 nitrogen and oxygen atoms in total. The highest BCUT2D eigenvalue weighted by Gasteiger charge is 2.39. The van der Waals surface area contributed by atoms with Crippen LogP contribution in [0.2, 0.25) is 0 Å². The molecule has 0 aliphatic carbocycles. The number of hydrogen-bond acceptors (Lipinski definition) is 4. The first-order chi connectivity index (χ1) is 16.3. The van der Waals surface area contributed by atoms with Crippen molar-refractivity contribution in [3.63, 3.8) is 0 Å². The zero-order valence-electron chi connectivity index (χ0n) is 19.2. The van der Waals surface area contributed by atoms with E-state index in [4.69, 9.17) is 0 Å². The van der Waals surface area contributed by atoms with Crippen LogP contribution in [0.25, 0.3) is 11.1 Å². The third kappa shape index (κ3) is 6.14. The van der Waals surface area contributed by atoms with Gasteiger partial charge in [0.15, 0.2) is 16.9 Å². The van der Waals surface area contributed by atoms with E-state index >= 15 is 4.39 Å². The zero-order chi connectivity index (χ0) is 26.0. The van der Waals surface area contributed by atoms with Crippen molar-refractivity contribution in [2.24, 2.45) is 0 Å². The van der Waals surface area contributed by atoms with Gasteiger partial charge in [0.2, 0.25) is 0 Å². The van der Waals surface area contributed by atoms with Crippen molar-refractivity contribution < 1.29 is 35.9 Å². The van der Waals surface area contributed by atoms with Gasteiger partial charge in [0, 0.05) is 29.8 Å². The van der Waals surface area contributed by atoms with E-state index in [2.05, 4.69) is 5.32 Å². The lowest BCUT2D eigenvalue weighted by atomic mass is 9.98. The van der Waals surface area contributed by atoms with Crippen LogP contribution in [0.1, 0.15) is 41.8 Å². The Balaban J connectivity index is 1.70. The Bertz CT molecular complexity index is 1120. The van der Waals surface area contributed by atoms with Crippen LogP contribution < -0.4 is 5.32 Å². The topological polar surface area (TPSA) is 86.7 Å². The van der Waals surface area contributed by atoms with Gasteiger partial charge in [-0.25, -0.2) is 8.60 Å². The molecule has 2 unspecified atom stereocenters. The van der Waals surface area contributed by atoms with Crippen LogP contribution in [0.15, 0.2) is 36.4 Å². The minimum atomic E-state index is -4.27. The average Bonchev–Trinajstić information content (AvgIpc) is 3.11. The SMILES string of the molecule is CC(=O)C(C)(CCN1Cc2c(ccc(-c3ccc(CCNCC(F)(F)F)cc3)c2F)C1=O)S(=O)O. The highest BCUT2D eigenvalue weighted by molar-refractivity contribution is 7.81. The van der Waals surface area contributed by atoms with Crippen molar-refractivity contribution in [3.8, 4) is 11.1 Å². The minimum absolute atomic E-state index is 0.0156. The lowest BCUT2D eigenvalue weighted by Gasteiger charge is -2.25. The predicted molar refractivity (Wildman–Crippen MR) is 124 cm³/mol. The molecular formula is C24H26F4N2O4S. The van der Waals surface area contributed by atoms with Gasteiger partial charge >= 0.3 is 6.18 Å². The number of benzene rings is 2. The quantitative estimate of drug-likeness (QED) is 0.283. The van der Waals surface area contributed by atoms with E-state index in [1.54, 1.807) is 24.3 Å². The smallest absolute Gasteiger partial charge is 0.334 e. The Hall–Kier alpha value is -2.63. The second kappa shape index (κ2) is 10.5. The molecule has 3 rings (SSSR count). The standard InChI is InChI=1S/C24H26F4N2O4S/c1-15(31)23(2,35(33)34)10-12-30-13-20-19(22(30)32)8-7-18(21(20)25)17-5-3-16(4-6-17)9-11-29-14-24(26,27)28/h3-8,29H,9-14H2,1-2H3,(H,33,34). The number of alkyl halides is 3. The molecule has 0 fully saturated rings. The molecule has 0 saturated carbocycles. The van der Waals surface area contributed by atoms with Crippen molar-refractivity contribution in [2.75, 3.05) is 19.6 Å². The molecule has 35 heavy (non-hydrogen) atoms. The Morgan fingerprint density at radius 2 is 1.77 bits per heavy atom. The van der Waals surface area contributed by atoms with Crippen molar-refractivity contribution >= 4 is 22.8 Å². The molecule has 1 heterocycles. The molecule has 0 saturated heterocycles. The first-order valence-electron chi connectivity index (χ1n) is 10.9. The summed E-state index contributed by atoms with van der Waals surface area (Å²) < 4.78 is 71.6. The summed E-state index contributed by atoms with van der Waals surface area (Å²) in [5.41, 5.74) is 2.05. The van der Waals surface area contributed by atoms with E-state index in [-0.39, 0.29) is 42.7 Å². The van der Waals surface area contributed by atoms with Gasteiger partial charge < -0.3 is 14.8 Å². The molecule has 0 aromatic heterocycles. The second-order valence-electron chi connectivity index (χ2n) is 8.71. The number of carbonyl (C=O) groups is 2. The molecular weight excluding hydrogens is 488 g/mol. The van der Waals surface area contributed by atoms with Crippen LogP contribution in [-0.4, -0.2) is 55.9 Å². The maximum Gasteiger partial charge on any atom is 0.401 e. The van der Waals surface area contributed by atoms with E-state index in [1.165, 1.54) is 30.9 Å². The van der Waals surface area contributed by atoms with E-state index in [0.29, 0.717) is 12.0 Å². The number of rotatable bonds is 10. The molecule has 2 aromatic rings. The monoisotopic (exact) mass is 514 g/mol. The Morgan fingerprint density at radius 3 is 2.34 bits per heavy atom. The third-order valence-electron chi connectivity index (χ3n) is 6.28. The molecule has 2 N–H and O–H groups in total. The first-order valence-corrected chi connectivity index (χ1v) is 12.0. The summed E-state index contributed by atoms with van der Waals surface area (Å²) in [4.78, 5) is 25.9. The first kappa shape index (κ1) is 27.0. The van der Waals surface area contributed by atoms with Crippen LogP contribution in [0.5, 0.6) is 0 Å². The Labute approximate surface area is 203 Å². The summed E-state index contributed by atoms with van der Waals surface area (Å²) in [7, 11) is 0. The molecule has 0 spiro atoms. The van der Waals surface area contributed by atoms with E-state index in [9.17, 15) is 31.5 Å². The molecule has 0 radical (unpaired) electrons. The normalized spacial score (nSPS) is 16.2. The Morgan fingerprint density at radius 1 is 1.14 bits per heavy atom. The van der Waals surface area contributed by atoms with Crippen LogP contribution in [-0.2, 0) is 28.8 Å². The van der Waals surface area contributed by atoms with Crippen LogP contribution >= 0.6 is 0 Å². The van der Waals surface area contributed by atoms with Gasteiger partial charge in [0.05, 0.1) is 6.54 Å². The number of amides is 1. The van der Waals surface area contributed by atoms with Gasteiger partial charge in [-0.2, -0.15) is 13.2 Å². The maximum absolute atomic E-state index is 15.4. The van der Waals surface area contributed by atoms with Gasteiger partial charge in [-0.15, -0.1) is 0 Å². The fourth-order valence-corrected chi connectivity index (χ4v) is 4.37. The number of nitrogens with one attached hydrogen (secondary N) is 1. The van der Waals surface area contributed by atoms with E-state index in [1.807, 2.05) is 0 Å². The van der Waals surface area contributed by atoms with Crippen molar-refractivity contribution in [1.29, 1.82) is 0 Å². The fraction of sp³-hybridized carbons (Fsp3) is 0.417. The highest BCUT2D eigenvalue weighted by Crippen LogP contribution is 2.33. The van der Waals surface area contributed by atoms with Crippen molar-refractivity contribution in [2.45, 2.75) is 44.2 Å². The molecule has 2 aromatic carbocycles. The van der Waals surface area contributed by atoms with Gasteiger partial charge in [-0.05, 0) is 50.4 Å². The minimum Gasteiger partial charge on any atom is -0.334 e. The lowest BCUT2D eigenvalue weighted by molar-refractivity contribution is -0.124. The largest absolute Gasteiger partial charge is 0.401 e. The van der Waals surface area contributed by atoms with Crippen molar-refractivity contribution in [1.82, 2.24) is 10.2 Å². The van der Waals surface area contributed by atoms with E-state index < -0.39 is 46.1 Å². The van der Waals surface area contributed by atoms with Gasteiger partial charge in [0.25, 0.3) is 5.91 Å². The van der Waals surface area contributed by atoms with Gasteiger partial charge in [0.1, 0.15) is 10.6 Å². The Kier molecular flexibility index (Phi) is 8.13. The highest BCUT2D eigenvalue weighted by atomic mass is 32.2. The fourth-order valence-electron chi connectivity index (χ4n) is 3.86. The average molecular weight is 515 g/mol. The van der Waals surface area contributed by atoms with Crippen molar-refractivity contribution in [3.05, 3.63) is 58.9 Å². The number of nitrogens with zero attached hydrogens (tertiary/aromatic N) is 1. The molecule has 0 bridgehead atoms. The summed E-state index contributed by atoms with van der Waals surface area (Å²) >= 11 is -2.42. The van der Waals surface area contributed by atoms with E-state index in [0.717, 1.165) is 5.56 Å². The summed E-state index contributed by atoms with van der Waals surface area (Å²) in [5, 5.41) is 2.33. The predicted octanol–water partition coefficient (Wildman–Crippen LogP) is 4.10. The molecule has 190 valence electrons. The summed E-state index contributed by atoms with van der Waals surface area (Å²) in [6, 6.07) is 9.80. The molecule has 1 aliphatic heterocycles. The molecule has 1 amide bonds. The van der Waals surface area contributed by atoms with Crippen LogP contribution in [0, 0.1) is 5.82 Å². The summed E-state index contributed by atoms with van der Waals surface area (Å²) in [6.07, 6.45) is -3.93. The zero-order valence-corrected chi connectivity index (χ0v) is 20.1. The lowest BCUT2D eigenvalue weighted by Crippen LogP contribution is -2.42. The van der Waals surface area contributed by atoms with Crippen LogP contribution in [0.3, 0.4) is 0 Å². The summed E-state index contributed by atoms with van der Waals surface area (Å²) in [6.45, 7) is 1.65. The van der Waals surface area contributed by atoms with Gasteiger partial charge in [-0.3, -0.25) is 9.59 Å². The number of carbonyl (C=O) groups excluding carboxylic acids is 2. The summed E-state index contributed by atoms with van der Waals surface area (Å²) in [5.74, 6) is -1.45. The van der Waals surface area contributed by atoms with Crippen LogP contribution in [0.4, 0.5) is 17.6 Å². The molecule has 11 heteroatoms.